The second-order valence-corrected chi connectivity index (χ2v) is 11.2. The van der Waals surface area contributed by atoms with Crippen molar-refractivity contribution < 1.29 is 9.84 Å². The van der Waals surface area contributed by atoms with E-state index in [9.17, 15) is 5.11 Å². The minimum atomic E-state index is -0.0978. The summed E-state index contributed by atoms with van der Waals surface area (Å²) in [6, 6.07) is 0. The monoisotopic (exact) mass is 386 g/mol. The van der Waals surface area contributed by atoms with Crippen LogP contribution in [0.5, 0.6) is 0 Å². The fraction of sp³-hybridized carbons (Fsp3) is 0.846. The molecule has 0 aromatic heterocycles. The number of ether oxygens (including phenoxy) is 1. The summed E-state index contributed by atoms with van der Waals surface area (Å²) in [4.78, 5) is 0. The molecule has 3 saturated carbocycles. The number of hydrogen-bond donors (Lipinski definition) is 1. The van der Waals surface area contributed by atoms with Crippen molar-refractivity contribution >= 4 is 0 Å². The number of rotatable bonds is 4. The Kier molecular flexibility index (Phi) is 5.59. The molecule has 4 rings (SSSR count). The average molecular weight is 387 g/mol. The Labute approximate surface area is 172 Å². The molecule has 4 aliphatic rings. The maximum absolute atomic E-state index is 10.2. The first-order chi connectivity index (χ1) is 13.3. The van der Waals surface area contributed by atoms with E-state index < -0.39 is 0 Å². The van der Waals surface area contributed by atoms with Crippen molar-refractivity contribution in [1.82, 2.24) is 0 Å². The summed E-state index contributed by atoms with van der Waals surface area (Å²) in [7, 11) is 0. The highest BCUT2D eigenvalue weighted by atomic mass is 16.5. The lowest BCUT2D eigenvalue weighted by molar-refractivity contribution is -0.0777. The van der Waals surface area contributed by atoms with Crippen molar-refractivity contribution in [3.63, 3.8) is 0 Å². The summed E-state index contributed by atoms with van der Waals surface area (Å²) < 4.78 is 6.29. The number of hydrogen-bond acceptors (Lipinski definition) is 2. The molecule has 0 saturated heterocycles. The van der Waals surface area contributed by atoms with E-state index >= 15 is 0 Å². The summed E-state index contributed by atoms with van der Waals surface area (Å²) in [5.74, 6) is 3.24. The van der Waals surface area contributed by atoms with Crippen LogP contribution in [0.4, 0.5) is 0 Å². The summed E-state index contributed by atoms with van der Waals surface area (Å²) in [6.45, 7) is 12.5. The standard InChI is InChI=1S/C26H42O2/c1-17(2)12-15-28-18(3)22-8-9-23-21-7-6-19-16-20(27)10-13-25(19,4)24(21)11-14-26(22,23)5/h6,12,18,20-24,27H,7-11,13-16H2,1-5H3/t18?,20-,21-,22+,23-,24-,25-,26+/m0/s1. The molecule has 0 aromatic rings. The fourth-order valence-electron chi connectivity index (χ4n) is 7.94. The third-order valence-corrected chi connectivity index (χ3v) is 9.57. The van der Waals surface area contributed by atoms with Gasteiger partial charge in [0.2, 0.25) is 0 Å². The maximum atomic E-state index is 10.2. The van der Waals surface area contributed by atoms with E-state index in [0.29, 0.717) is 22.9 Å². The molecular weight excluding hydrogens is 344 g/mol. The van der Waals surface area contributed by atoms with Crippen LogP contribution < -0.4 is 0 Å². The lowest BCUT2D eigenvalue weighted by Gasteiger charge is -2.58. The molecule has 1 N–H and O–H groups in total. The van der Waals surface area contributed by atoms with Gasteiger partial charge in [0.15, 0.2) is 0 Å². The van der Waals surface area contributed by atoms with Gasteiger partial charge in [0.05, 0.1) is 18.8 Å². The van der Waals surface area contributed by atoms with Crippen molar-refractivity contribution in [2.45, 2.75) is 98.2 Å². The molecule has 0 spiro atoms. The first-order valence-corrected chi connectivity index (χ1v) is 11.9. The quantitative estimate of drug-likeness (QED) is 0.575. The maximum Gasteiger partial charge on any atom is 0.0653 e. The molecule has 28 heavy (non-hydrogen) atoms. The molecule has 4 aliphatic carbocycles. The van der Waals surface area contributed by atoms with Gasteiger partial charge in [-0.15, -0.1) is 0 Å². The summed E-state index contributed by atoms with van der Waals surface area (Å²) in [6.07, 6.45) is 14.9. The zero-order chi connectivity index (χ0) is 20.1. The third kappa shape index (κ3) is 3.33. The molecule has 0 radical (unpaired) electrons. The van der Waals surface area contributed by atoms with Gasteiger partial charge in [-0.2, -0.15) is 0 Å². The Bertz CT molecular complexity index is 645. The van der Waals surface area contributed by atoms with Gasteiger partial charge < -0.3 is 9.84 Å². The number of aliphatic hydroxyl groups excluding tert-OH is 1. The Morgan fingerprint density at radius 2 is 1.96 bits per heavy atom. The van der Waals surface area contributed by atoms with Gasteiger partial charge >= 0.3 is 0 Å². The van der Waals surface area contributed by atoms with Crippen LogP contribution in [-0.4, -0.2) is 23.9 Å². The lowest BCUT2D eigenvalue weighted by atomic mass is 9.47. The Morgan fingerprint density at radius 3 is 2.71 bits per heavy atom. The highest BCUT2D eigenvalue weighted by molar-refractivity contribution is 5.25. The summed E-state index contributed by atoms with van der Waals surface area (Å²) in [5, 5.41) is 10.2. The van der Waals surface area contributed by atoms with Gasteiger partial charge in [-0.25, -0.2) is 0 Å². The van der Waals surface area contributed by atoms with Gasteiger partial charge in [-0.05, 0) is 107 Å². The van der Waals surface area contributed by atoms with E-state index in [1.807, 2.05) is 0 Å². The zero-order valence-electron chi connectivity index (χ0n) is 18.8. The molecule has 8 atom stereocenters. The molecule has 0 aliphatic heterocycles. The van der Waals surface area contributed by atoms with Crippen LogP contribution in [-0.2, 0) is 4.74 Å². The summed E-state index contributed by atoms with van der Waals surface area (Å²) >= 11 is 0. The van der Waals surface area contributed by atoms with Crippen molar-refractivity contribution in [3.05, 3.63) is 23.3 Å². The van der Waals surface area contributed by atoms with Crippen LogP contribution in [0.25, 0.3) is 0 Å². The lowest BCUT2D eigenvalue weighted by Crippen LogP contribution is -2.51. The van der Waals surface area contributed by atoms with E-state index in [1.165, 1.54) is 44.1 Å². The minimum Gasteiger partial charge on any atom is -0.393 e. The molecule has 0 bridgehead atoms. The molecule has 2 nitrogen and oxygen atoms in total. The predicted molar refractivity (Wildman–Crippen MR) is 116 cm³/mol. The Hall–Kier alpha value is -0.600. The molecule has 0 heterocycles. The van der Waals surface area contributed by atoms with Crippen LogP contribution in [0, 0.1) is 34.5 Å². The Morgan fingerprint density at radius 1 is 1.18 bits per heavy atom. The second-order valence-electron chi connectivity index (χ2n) is 11.2. The molecule has 2 heteroatoms. The van der Waals surface area contributed by atoms with Gasteiger partial charge in [0, 0.05) is 0 Å². The Balaban J connectivity index is 1.51. The number of aliphatic hydroxyl groups is 1. The predicted octanol–water partition coefficient (Wildman–Crippen LogP) is 6.30. The zero-order valence-corrected chi connectivity index (χ0v) is 18.8. The third-order valence-electron chi connectivity index (χ3n) is 9.57. The first kappa shape index (κ1) is 20.7. The van der Waals surface area contributed by atoms with Gasteiger partial charge in [-0.1, -0.05) is 37.1 Å². The second kappa shape index (κ2) is 7.58. The van der Waals surface area contributed by atoms with Crippen molar-refractivity contribution in [3.8, 4) is 0 Å². The molecule has 158 valence electrons. The molecular formula is C26H42O2. The highest BCUT2D eigenvalue weighted by Gasteiger charge is 2.59. The first-order valence-electron chi connectivity index (χ1n) is 11.9. The minimum absolute atomic E-state index is 0.0978. The molecule has 0 amide bonds. The fourth-order valence-corrected chi connectivity index (χ4v) is 7.94. The largest absolute Gasteiger partial charge is 0.393 e. The highest BCUT2D eigenvalue weighted by Crippen LogP contribution is 2.66. The van der Waals surface area contributed by atoms with E-state index in [4.69, 9.17) is 4.74 Å². The van der Waals surface area contributed by atoms with Crippen LogP contribution in [0.2, 0.25) is 0 Å². The summed E-state index contributed by atoms with van der Waals surface area (Å²) in [5.41, 5.74) is 3.73. The van der Waals surface area contributed by atoms with Crippen molar-refractivity contribution in [2.75, 3.05) is 6.61 Å². The van der Waals surface area contributed by atoms with E-state index in [-0.39, 0.29) is 6.10 Å². The topological polar surface area (TPSA) is 29.5 Å². The van der Waals surface area contributed by atoms with Crippen molar-refractivity contribution in [1.29, 1.82) is 0 Å². The molecule has 1 unspecified atom stereocenters. The number of allylic oxidation sites excluding steroid dienone is 2. The van der Waals surface area contributed by atoms with Crippen LogP contribution in [0.3, 0.4) is 0 Å². The SMILES string of the molecule is CC(C)=CCOC(C)[C@H]1CC[C@H]2[C@@H]3CC=C4C[C@@H](O)CC[C@]4(C)[C@H]3CC[C@]12C. The van der Waals surface area contributed by atoms with Crippen molar-refractivity contribution in [2.24, 2.45) is 34.5 Å². The van der Waals surface area contributed by atoms with Gasteiger partial charge in [0.1, 0.15) is 0 Å². The molecule has 3 fully saturated rings. The van der Waals surface area contributed by atoms with Gasteiger partial charge in [0.25, 0.3) is 0 Å². The van der Waals surface area contributed by atoms with E-state index in [0.717, 1.165) is 37.2 Å². The molecule has 0 aromatic carbocycles. The average Bonchev–Trinajstić information content (AvgIpc) is 2.99. The van der Waals surface area contributed by atoms with Gasteiger partial charge in [-0.3, -0.25) is 0 Å². The smallest absolute Gasteiger partial charge is 0.0653 e. The van der Waals surface area contributed by atoms with E-state index in [1.54, 1.807) is 5.57 Å². The van der Waals surface area contributed by atoms with Crippen LogP contribution in [0.15, 0.2) is 23.3 Å². The van der Waals surface area contributed by atoms with Crippen LogP contribution in [0.1, 0.15) is 86.0 Å². The van der Waals surface area contributed by atoms with E-state index in [2.05, 4.69) is 46.8 Å². The number of fused-ring (bicyclic) bond motifs is 5. The van der Waals surface area contributed by atoms with Crippen LogP contribution >= 0.6 is 0 Å². The normalized spacial score (nSPS) is 46.1.